The number of nitriles is 1. The topological polar surface area (TPSA) is 88.6 Å². The molecule has 3 aromatic rings. The fourth-order valence-corrected chi connectivity index (χ4v) is 8.25. The van der Waals surface area contributed by atoms with Crippen LogP contribution in [-0.2, 0) is 11.4 Å². The van der Waals surface area contributed by atoms with Crippen molar-refractivity contribution in [2.75, 3.05) is 12.0 Å². The SMILES string of the molecule is COc1ccc([C@H]2C(C#N)=C(N)N(c3ccc(Cl)cc3)C3=C2C(=O)CC(C)(C)C3)cc1COc1c(Br)cc(Br)cc1Br. The van der Waals surface area contributed by atoms with E-state index in [0.717, 1.165) is 35.9 Å². The number of nitrogens with zero attached hydrogens (tertiary/aromatic N) is 2. The fraction of sp³-hybridized carbons (Fsp3) is 0.250. The van der Waals surface area contributed by atoms with Gasteiger partial charge in [0.2, 0.25) is 0 Å². The molecule has 3 aromatic carbocycles. The number of methoxy groups -OCH3 is 1. The molecule has 1 atom stereocenters. The lowest BCUT2D eigenvalue weighted by Crippen LogP contribution is -2.42. The van der Waals surface area contributed by atoms with Crippen molar-refractivity contribution >= 4 is 70.9 Å². The molecule has 2 N–H and O–H groups in total. The molecule has 2 aliphatic rings. The predicted octanol–water partition coefficient (Wildman–Crippen LogP) is 9.16. The summed E-state index contributed by atoms with van der Waals surface area (Å²) in [5.41, 5.74) is 10.5. The van der Waals surface area contributed by atoms with Crippen LogP contribution in [0.3, 0.4) is 0 Å². The van der Waals surface area contributed by atoms with E-state index in [-0.39, 0.29) is 17.8 Å². The second kappa shape index (κ2) is 12.1. The highest BCUT2D eigenvalue weighted by Crippen LogP contribution is 2.50. The molecule has 0 unspecified atom stereocenters. The monoisotopic (exact) mass is 773 g/mol. The van der Waals surface area contributed by atoms with Crippen molar-refractivity contribution in [2.45, 2.75) is 39.2 Å². The molecular weight excluding hydrogens is 750 g/mol. The first-order chi connectivity index (χ1) is 19.9. The Kier molecular flexibility index (Phi) is 8.82. The van der Waals surface area contributed by atoms with Gasteiger partial charge in [0, 0.05) is 38.4 Å². The average Bonchev–Trinajstić information content (AvgIpc) is 2.92. The first-order valence-electron chi connectivity index (χ1n) is 13.1. The van der Waals surface area contributed by atoms with E-state index < -0.39 is 5.92 Å². The van der Waals surface area contributed by atoms with Gasteiger partial charge in [-0.3, -0.25) is 9.69 Å². The molecule has 1 heterocycles. The molecule has 10 heteroatoms. The smallest absolute Gasteiger partial charge is 0.162 e. The summed E-state index contributed by atoms with van der Waals surface area (Å²) in [6.07, 6.45) is 0.984. The van der Waals surface area contributed by atoms with Crippen LogP contribution in [0.15, 0.2) is 90.7 Å². The van der Waals surface area contributed by atoms with Gasteiger partial charge in [0.25, 0.3) is 0 Å². The molecule has 42 heavy (non-hydrogen) atoms. The minimum absolute atomic E-state index is 0.00167. The van der Waals surface area contributed by atoms with E-state index in [1.54, 1.807) is 19.2 Å². The lowest BCUT2D eigenvalue weighted by Gasteiger charge is -2.43. The molecule has 0 spiro atoms. The van der Waals surface area contributed by atoms with Gasteiger partial charge in [-0.15, -0.1) is 0 Å². The summed E-state index contributed by atoms with van der Waals surface area (Å²) in [5, 5.41) is 11.0. The molecule has 1 aliphatic carbocycles. The zero-order chi connectivity index (χ0) is 30.3. The number of carbonyl (C=O) groups excluding carboxylic acids is 1. The number of Topliss-reactive ketones (excluding diaryl/α,β-unsaturated/α-hetero) is 1. The van der Waals surface area contributed by atoms with Crippen LogP contribution in [-0.4, -0.2) is 12.9 Å². The summed E-state index contributed by atoms with van der Waals surface area (Å²) < 4.78 is 14.3. The van der Waals surface area contributed by atoms with Crippen molar-refractivity contribution in [1.29, 1.82) is 5.26 Å². The number of hydrogen-bond donors (Lipinski definition) is 1. The number of anilines is 1. The molecule has 5 rings (SSSR count). The van der Waals surface area contributed by atoms with Crippen LogP contribution < -0.4 is 20.1 Å². The highest BCUT2D eigenvalue weighted by atomic mass is 79.9. The van der Waals surface area contributed by atoms with Crippen molar-refractivity contribution in [2.24, 2.45) is 11.1 Å². The van der Waals surface area contributed by atoms with Crippen molar-refractivity contribution in [3.05, 3.63) is 107 Å². The van der Waals surface area contributed by atoms with Crippen LogP contribution >= 0.6 is 59.4 Å². The first kappa shape index (κ1) is 30.7. The highest BCUT2D eigenvalue weighted by Gasteiger charge is 2.44. The van der Waals surface area contributed by atoms with E-state index >= 15 is 0 Å². The molecule has 0 fully saturated rings. The van der Waals surface area contributed by atoms with E-state index in [0.29, 0.717) is 46.3 Å². The van der Waals surface area contributed by atoms with Crippen LogP contribution in [0.5, 0.6) is 11.5 Å². The minimum atomic E-state index is -0.632. The molecule has 0 bridgehead atoms. The second-order valence-corrected chi connectivity index (χ2v) is 14.1. The van der Waals surface area contributed by atoms with Gasteiger partial charge >= 0.3 is 0 Å². The van der Waals surface area contributed by atoms with E-state index in [2.05, 4.69) is 67.7 Å². The van der Waals surface area contributed by atoms with Crippen LogP contribution in [0.1, 0.15) is 43.7 Å². The van der Waals surface area contributed by atoms with Gasteiger partial charge < -0.3 is 15.2 Å². The zero-order valence-corrected chi connectivity index (χ0v) is 28.6. The maximum absolute atomic E-state index is 13.9. The zero-order valence-electron chi connectivity index (χ0n) is 23.1. The van der Waals surface area contributed by atoms with E-state index in [1.807, 2.05) is 47.4 Å². The van der Waals surface area contributed by atoms with E-state index in [4.69, 9.17) is 26.8 Å². The third-order valence-corrected chi connectivity index (χ3v) is 9.33. The van der Waals surface area contributed by atoms with Gasteiger partial charge in [0.15, 0.2) is 5.78 Å². The number of benzene rings is 3. The largest absolute Gasteiger partial charge is 0.496 e. The molecule has 6 nitrogen and oxygen atoms in total. The Morgan fingerprint density at radius 2 is 1.74 bits per heavy atom. The summed E-state index contributed by atoms with van der Waals surface area (Å²) in [6.45, 7) is 4.34. The van der Waals surface area contributed by atoms with Gasteiger partial charge in [-0.25, -0.2) is 0 Å². The van der Waals surface area contributed by atoms with E-state index in [9.17, 15) is 10.1 Å². The standard InChI is InChI=1S/C32H27Br3ClN3O3/c1-32(2)13-25-29(26(40)14-32)28(22(15-37)31(38)39(25)21-7-5-20(36)6-8-21)17-4-9-27(41-3)18(10-17)16-42-30-23(34)11-19(33)12-24(30)35/h4-12,28H,13-14,16,38H2,1-3H3/t28-/m0/s1. The minimum Gasteiger partial charge on any atom is -0.496 e. The summed E-state index contributed by atoms with van der Waals surface area (Å²) in [7, 11) is 1.60. The average molecular weight is 777 g/mol. The Bertz CT molecular complexity index is 1670. The van der Waals surface area contributed by atoms with Crippen molar-refractivity contribution in [1.82, 2.24) is 0 Å². The Balaban J connectivity index is 1.63. The number of halogens is 4. The van der Waals surface area contributed by atoms with Gasteiger partial charge in [0.05, 0.1) is 33.6 Å². The van der Waals surface area contributed by atoms with Gasteiger partial charge in [-0.2, -0.15) is 5.26 Å². The molecule has 0 saturated carbocycles. The Hall–Kier alpha value is -2.77. The number of rotatable bonds is 6. The maximum atomic E-state index is 13.9. The Morgan fingerprint density at radius 3 is 2.36 bits per heavy atom. The van der Waals surface area contributed by atoms with Crippen molar-refractivity contribution < 1.29 is 14.3 Å². The highest BCUT2D eigenvalue weighted by molar-refractivity contribution is 9.11. The van der Waals surface area contributed by atoms with E-state index in [1.165, 1.54) is 0 Å². The summed E-state index contributed by atoms with van der Waals surface area (Å²) in [6, 6.07) is 19.0. The lowest BCUT2D eigenvalue weighted by molar-refractivity contribution is -0.118. The molecule has 0 radical (unpaired) electrons. The molecule has 1 aliphatic heterocycles. The summed E-state index contributed by atoms with van der Waals surface area (Å²) in [4.78, 5) is 15.7. The third kappa shape index (κ3) is 5.87. The normalized spacial score (nSPS) is 18.1. The maximum Gasteiger partial charge on any atom is 0.162 e. The fourth-order valence-electron chi connectivity index (χ4n) is 5.63. The quantitative estimate of drug-likeness (QED) is 0.269. The summed E-state index contributed by atoms with van der Waals surface area (Å²) >= 11 is 16.8. The molecule has 216 valence electrons. The number of nitrogens with two attached hydrogens (primary N) is 1. The van der Waals surface area contributed by atoms with Crippen molar-refractivity contribution in [3.8, 4) is 17.6 Å². The van der Waals surface area contributed by atoms with Crippen LogP contribution in [0.25, 0.3) is 0 Å². The lowest BCUT2D eigenvalue weighted by atomic mass is 9.68. The number of hydrogen-bond acceptors (Lipinski definition) is 6. The van der Waals surface area contributed by atoms with Crippen LogP contribution in [0.4, 0.5) is 5.69 Å². The summed E-state index contributed by atoms with van der Waals surface area (Å²) in [5.74, 6) is 0.932. The molecular formula is C32H27Br3ClN3O3. The Morgan fingerprint density at radius 1 is 1.07 bits per heavy atom. The molecule has 0 amide bonds. The molecule has 0 aromatic heterocycles. The Labute approximate surface area is 275 Å². The number of ether oxygens (including phenoxy) is 2. The van der Waals surface area contributed by atoms with Gasteiger partial charge in [0.1, 0.15) is 23.9 Å². The number of carbonyl (C=O) groups is 1. The molecule has 0 saturated heterocycles. The second-order valence-electron chi connectivity index (χ2n) is 11.0. The van der Waals surface area contributed by atoms with Crippen LogP contribution in [0.2, 0.25) is 5.02 Å². The predicted molar refractivity (Wildman–Crippen MR) is 175 cm³/mol. The van der Waals surface area contributed by atoms with Crippen LogP contribution in [0, 0.1) is 16.7 Å². The number of ketones is 1. The van der Waals surface area contributed by atoms with Gasteiger partial charge in [-0.05, 0) is 97.8 Å². The van der Waals surface area contributed by atoms with Crippen molar-refractivity contribution in [3.63, 3.8) is 0 Å². The van der Waals surface area contributed by atoms with Gasteiger partial charge in [-0.1, -0.05) is 47.4 Å². The number of allylic oxidation sites excluding steroid dienone is 3. The third-order valence-electron chi connectivity index (χ3n) is 7.44. The first-order valence-corrected chi connectivity index (χ1v) is 15.9.